The summed E-state index contributed by atoms with van der Waals surface area (Å²) in [6, 6.07) is 4.17. The number of furan rings is 1. The molecule has 4 rings (SSSR count). The fraction of sp³-hybridized carbons (Fsp3) is 0.421. The van der Waals surface area contributed by atoms with Gasteiger partial charge in [0, 0.05) is 56.0 Å². The molecule has 0 N–H and O–H groups in total. The van der Waals surface area contributed by atoms with E-state index in [0.29, 0.717) is 0 Å². The monoisotopic (exact) mass is 337 g/mol. The minimum atomic E-state index is 0.851. The predicted octanol–water partition coefficient (Wildman–Crippen LogP) is 2.63. The van der Waals surface area contributed by atoms with Crippen LogP contribution in [-0.4, -0.2) is 37.7 Å². The normalized spacial score (nSPS) is 15.1. The zero-order valence-electron chi connectivity index (χ0n) is 14.8. The molecule has 4 heterocycles. The van der Waals surface area contributed by atoms with E-state index in [9.17, 15) is 0 Å². The molecule has 0 aliphatic carbocycles. The van der Waals surface area contributed by atoms with Crippen LogP contribution in [0.4, 0.5) is 0 Å². The number of hydrogen-bond acceptors (Lipinski definition) is 5. The van der Waals surface area contributed by atoms with E-state index in [1.807, 2.05) is 24.1 Å². The van der Waals surface area contributed by atoms with Gasteiger partial charge in [-0.15, -0.1) is 0 Å². The van der Waals surface area contributed by atoms with Crippen LogP contribution in [0.2, 0.25) is 0 Å². The summed E-state index contributed by atoms with van der Waals surface area (Å²) >= 11 is 0. The molecule has 0 amide bonds. The lowest BCUT2D eigenvalue weighted by Crippen LogP contribution is -2.25. The highest BCUT2D eigenvalue weighted by Crippen LogP contribution is 2.25. The minimum Gasteiger partial charge on any atom is -0.465 e. The number of hydrogen-bond donors (Lipinski definition) is 0. The van der Waals surface area contributed by atoms with Crippen molar-refractivity contribution < 1.29 is 4.42 Å². The van der Waals surface area contributed by atoms with E-state index in [4.69, 9.17) is 4.42 Å². The van der Waals surface area contributed by atoms with E-state index in [0.717, 1.165) is 67.4 Å². The van der Waals surface area contributed by atoms with Crippen molar-refractivity contribution in [1.29, 1.82) is 0 Å². The molecule has 6 nitrogen and oxygen atoms in total. The maximum absolute atomic E-state index is 5.87. The van der Waals surface area contributed by atoms with Crippen molar-refractivity contribution in [2.75, 3.05) is 13.1 Å². The average molecular weight is 337 g/mol. The molecule has 0 atom stereocenters. The fourth-order valence-electron chi connectivity index (χ4n) is 3.44. The highest BCUT2D eigenvalue weighted by Gasteiger charge is 2.20. The van der Waals surface area contributed by atoms with Crippen LogP contribution in [-0.2, 0) is 32.9 Å². The Balaban J connectivity index is 1.53. The van der Waals surface area contributed by atoms with Gasteiger partial charge in [0.1, 0.15) is 17.8 Å². The van der Waals surface area contributed by atoms with E-state index < -0.39 is 0 Å². The third kappa shape index (κ3) is 3.35. The van der Waals surface area contributed by atoms with Gasteiger partial charge in [0.25, 0.3) is 0 Å². The predicted molar refractivity (Wildman–Crippen MR) is 95.0 cm³/mol. The van der Waals surface area contributed by atoms with Gasteiger partial charge in [0.2, 0.25) is 0 Å². The summed E-state index contributed by atoms with van der Waals surface area (Å²) in [7, 11) is 1.93. The Labute approximate surface area is 147 Å². The highest BCUT2D eigenvalue weighted by atomic mass is 16.3. The van der Waals surface area contributed by atoms with Gasteiger partial charge in [-0.2, -0.15) is 5.10 Å². The van der Waals surface area contributed by atoms with Gasteiger partial charge >= 0.3 is 0 Å². The average Bonchev–Trinajstić information content (AvgIpc) is 3.20. The molecule has 3 aromatic rings. The standard InChI is InChI=1S/C19H23N5O/c1-3-15-4-5-16(25-15)12-24-8-6-17-18(7-9-24)20-13-21-19(17)14-10-22-23(2)11-14/h4-5,10-11,13H,3,6-9,12H2,1-2H3. The molecule has 130 valence electrons. The van der Waals surface area contributed by atoms with Gasteiger partial charge < -0.3 is 4.42 Å². The van der Waals surface area contributed by atoms with Crippen LogP contribution in [0.15, 0.2) is 35.3 Å². The second-order valence-corrected chi connectivity index (χ2v) is 6.55. The van der Waals surface area contributed by atoms with Crippen LogP contribution in [0.1, 0.15) is 29.7 Å². The lowest BCUT2D eigenvalue weighted by molar-refractivity contribution is 0.252. The second-order valence-electron chi connectivity index (χ2n) is 6.55. The Hall–Kier alpha value is -2.47. The molecule has 6 heteroatoms. The zero-order valence-corrected chi connectivity index (χ0v) is 14.8. The van der Waals surface area contributed by atoms with E-state index in [2.05, 4.69) is 39.0 Å². The minimum absolute atomic E-state index is 0.851. The lowest BCUT2D eigenvalue weighted by Gasteiger charge is -2.17. The zero-order chi connectivity index (χ0) is 17.2. The summed E-state index contributed by atoms with van der Waals surface area (Å²) in [5.41, 5.74) is 4.50. The van der Waals surface area contributed by atoms with Crippen molar-refractivity contribution in [3.8, 4) is 11.3 Å². The molecule has 1 aliphatic rings. The summed E-state index contributed by atoms with van der Waals surface area (Å²) in [5, 5.41) is 4.28. The van der Waals surface area contributed by atoms with Gasteiger partial charge in [-0.25, -0.2) is 9.97 Å². The van der Waals surface area contributed by atoms with Gasteiger partial charge in [-0.3, -0.25) is 9.58 Å². The molecule has 0 saturated heterocycles. The second kappa shape index (κ2) is 6.80. The van der Waals surface area contributed by atoms with Gasteiger partial charge in [-0.1, -0.05) is 6.92 Å². The largest absolute Gasteiger partial charge is 0.465 e. The number of rotatable bonds is 4. The molecule has 0 bridgehead atoms. The van der Waals surface area contributed by atoms with Gasteiger partial charge in [0.05, 0.1) is 18.4 Å². The van der Waals surface area contributed by atoms with Crippen LogP contribution in [0.5, 0.6) is 0 Å². The molecule has 0 aromatic carbocycles. The third-order valence-corrected chi connectivity index (χ3v) is 4.80. The topological polar surface area (TPSA) is 60.0 Å². The van der Waals surface area contributed by atoms with Crippen molar-refractivity contribution in [3.63, 3.8) is 0 Å². The van der Waals surface area contributed by atoms with Crippen molar-refractivity contribution in [1.82, 2.24) is 24.6 Å². The summed E-state index contributed by atoms with van der Waals surface area (Å²) in [6.45, 7) is 4.93. The number of aryl methyl sites for hydroxylation is 2. The highest BCUT2D eigenvalue weighted by molar-refractivity contribution is 5.62. The molecule has 0 spiro atoms. The summed E-state index contributed by atoms with van der Waals surface area (Å²) in [5.74, 6) is 2.10. The Morgan fingerprint density at radius 2 is 1.96 bits per heavy atom. The Kier molecular flexibility index (Phi) is 4.36. The van der Waals surface area contributed by atoms with Crippen molar-refractivity contribution in [2.45, 2.75) is 32.7 Å². The summed E-state index contributed by atoms with van der Waals surface area (Å²) in [4.78, 5) is 11.5. The lowest BCUT2D eigenvalue weighted by atomic mass is 10.0. The van der Waals surface area contributed by atoms with Crippen LogP contribution >= 0.6 is 0 Å². The van der Waals surface area contributed by atoms with Crippen LogP contribution < -0.4 is 0 Å². The number of nitrogens with zero attached hydrogens (tertiary/aromatic N) is 5. The Morgan fingerprint density at radius 3 is 2.72 bits per heavy atom. The van der Waals surface area contributed by atoms with Crippen molar-refractivity contribution in [3.05, 3.63) is 53.6 Å². The first-order chi connectivity index (χ1) is 12.2. The summed E-state index contributed by atoms with van der Waals surface area (Å²) in [6.07, 6.45) is 8.39. The molecule has 0 unspecified atom stereocenters. The quantitative estimate of drug-likeness (QED) is 0.732. The molecular weight excluding hydrogens is 314 g/mol. The smallest absolute Gasteiger partial charge is 0.118 e. The van der Waals surface area contributed by atoms with Crippen LogP contribution in [0.25, 0.3) is 11.3 Å². The maximum atomic E-state index is 5.87. The van der Waals surface area contributed by atoms with Crippen molar-refractivity contribution in [2.24, 2.45) is 7.05 Å². The number of fused-ring (bicyclic) bond motifs is 1. The van der Waals surface area contributed by atoms with Crippen LogP contribution in [0.3, 0.4) is 0 Å². The van der Waals surface area contributed by atoms with Gasteiger partial charge in [-0.05, 0) is 18.6 Å². The maximum Gasteiger partial charge on any atom is 0.118 e. The molecule has 25 heavy (non-hydrogen) atoms. The first-order valence-corrected chi connectivity index (χ1v) is 8.84. The number of aromatic nitrogens is 4. The molecule has 0 fully saturated rings. The molecule has 0 saturated carbocycles. The van der Waals surface area contributed by atoms with Crippen molar-refractivity contribution >= 4 is 0 Å². The molecular formula is C19H23N5O. The molecule has 1 aliphatic heterocycles. The van der Waals surface area contributed by atoms with Gasteiger partial charge in [0.15, 0.2) is 0 Å². The molecule has 0 radical (unpaired) electrons. The fourth-order valence-corrected chi connectivity index (χ4v) is 3.44. The SMILES string of the molecule is CCc1ccc(CN2CCc3ncnc(-c4cnn(C)c4)c3CC2)o1. The Morgan fingerprint density at radius 1 is 1.12 bits per heavy atom. The summed E-state index contributed by atoms with van der Waals surface area (Å²) < 4.78 is 7.68. The van der Waals surface area contributed by atoms with E-state index in [-0.39, 0.29) is 0 Å². The van der Waals surface area contributed by atoms with E-state index in [1.54, 1.807) is 6.33 Å². The first-order valence-electron chi connectivity index (χ1n) is 8.84. The van der Waals surface area contributed by atoms with Crippen LogP contribution in [0, 0.1) is 0 Å². The van der Waals surface area contributed by atoms with E-state index in [1.165, 1.54) is 5.56 Å². The third-order valence-electron chi connectivity index (χ3n) is 4.80. The van der Waals surface area contributed by atoms with E-state index >= 15 is 0 Å². The Bertz CT molecular complexity index is 866. The first kappa shape index (κ1) is 16.0. The molecule has 3 aromatic heterocycles.